The molecule has 0 spiro atoms. The zero-order valence-corrected chi connectivity index (χ0v) is 17.1. The summed E-state index contributed by atoms with van der Waals surface area (Å²) in [5.74, 6) is 0.208. The topological polar surface area (TPSA) is 117 Å². The Morgan fingerprint density at radius 3 is 2.30 bits per heavy atom. The van der Waals surface area contributed by atoms with Gasteiger partial charge in [0.2, 0.25) is 0 Å². The zero-order chi connectivity index (χ0) is 23.4. The number of rotatable bonds is 6. The molecule has 0 aliphatic carbocycles. The molecular formula is C20H13ClF3N7O2. The third kappa shape index (κ3) is 5.54. The first kappa shape index (κ1) is 22.0. The molecule has 2 aromatic heterocycles. The van der Waals surface area contributed by atoms with E-state index in [4.69, 9.17) is 11.6 Å². The summed E-state index contributed by atoms with van der Waals surface area (Å²) >= 11 is 5.92. The van der Waals surface area contributed by atoms with Crippen LogP contribution in [-0.4, -0.2) is 37.6 Å². The summed E-state index contributed by atoms with van der Waals surface area (Å²) in [5, 5.41) is 17.3. The smallest absolute Gasteiger partial charge is 0.507 e. The number of hydrazone groups is 1. The van der Waals surface area contributed by atoms with Crippen molar-refractivity contribution in [1.29, 1.82) is 0 Å². The van der Waals surface area contributed by atoms with Gasteiger partial charge < -0.3 is 15.2 Å². The van der Waals surface area contributed by atoms with Crippen molar-refractivity contribution in [2.75, 3.05) is 10.7 Å². The monoisotopic (exact) mass is 475 g/mol. The molecule has 168 valence electrons. The highest BCUT2D eigenvalue weighted by molar-refractivity contribution is 6.30. The second-order valence-electron chi connectivity index (χ2n) is 6.41. The molecule has 33 heavy (non-hydrogen) atoms. The first-order chi connectivity index (χ1) is 15.8. The molecular weight excluding hydrogens is 463 g/mol. The van der Waals surface area contributed by atoms with Gasteiger partial charge in [-0.15, -0.1) is 13.2 Å². The first-order valence-corrected chi connectivity index (χ1v) is 9.52. The van der Waals surface area contributed by atoms with E-state index >= 15 is 0 Å². The van der Waals surface area contributed by atoms with Crippen LogP contribution in [0.25, 0.3) is 11.0 Å². The van der Waals surface area contributed by atoms with Crippen LogP contribution < -0.4 is 15.5 Å². The van der Waals surface area contributed by atoms with Crippen molar-refractivity contribution in [3.8, 4) is 11.5 Å². The molecule has 13 heteroatoms. The minimum atomic E-state index is -4.77. The Balaban J connectivity index is 1.55. The van der Waals surface area contributed by atoms with Crippen molar-refractivity contribution in [3.63, 3.8) is 0 Å². The number of phenols is 1. The number of nitrogens with one attached hydrogen (secondary N) is 2. The molecule has 0 aliphatic rings. The Labute approximate surface area is 189 Å². The van der Waals surface area contributed by atoms with E-state index in [0.29, 0.717) is 33.1 Å². The quantitative estimate of drug-likeness (QED) is 0.267. The van der Waals surface area contributed by atoms with Gasteiger partial charge in [-0.05, 0) is 42.5 Å². The lowest BCUT2D eigenvalue weighted by atomic mass is 10.2. The van der Waals surface area contributed by atoms with Gasteiger partial charge in [-0.3, -0.25) is 5.43 Å². The number of hydrogen-bond donors (Lipinski definition) is 3. The lowest BCUT2D eigenvalue weighted by molar-refractivity contribution is -0.274. The molecule has 0 radical (unpaired) electrons. The highest BCUT2D eigenvalue weighted by Crippen LogP contribution is 2.27. The number of nitrogens with zero attached hydrogens (tertiary/aromatic N) is 5. The molecule has 9 nitrogen and oxygen atoms in total. The van der Waals surface area contributed by atoms with E-state index in [0.717, 1.165) is 0 Å². The number of phenolic OH excluding ortho intramolecular Hbond substituents is 1. The second-order valence-corrected chi connectivity index (χ2v) is 6.85. The summed E-state index contributed by atoms with van der Waals surface area (Å²) in [4.78, 5) is 16.6. The maximum atomic E-state index is 12.3. The van der Waals surface area contributed by atoms with Gasteiger partial charge >= 0.3 is 6.36 Å². The molecule has 0 saturated heterocycles. The van der Waals surface area contributed by atoms with Gasteiger partial charge in [-0.2, -0.15) is 5.10 Å². The fourth-order valence-electron chi connectivity index (χ4n) is 2.72. The molecule has 0 fully saturated rings. The zero-order valence-electron chi connectivity index (χ0n) is 16.4. The summed E-state index contributed by atoms with van der Waals surface area (Å²) in [6.07, 6.45) is -0.870. The van der Waals surface area contributed by atoms with Gasteiger partial charge in [0, 0.05) is 16.3 Å². The highest BCUT2D eigenvalue weighted by atomic mass is 35.5. The number of halogens is 4. The molecule has 0 saturated carbocycles. The Morgan fingerprint density at radius 1 is 0.939 bits per heavy atom. The predicted octanol–water partition coefficient (Wildman–Crippen LogP) is 4.87. The van der Waals surface area contributed by atoms with Crippen molar-refractivity contribution in [3.05, 3.63) is 65.7 Å². The molecule has 2 heterocycles. The normalized spacial score (nSPS) is 11.6. The van der Waals surface area contributed by atoms with Gasteiger partial charge in [-0.1, -0.05) is 11.6 Å². The van der Waals surface area contributed by atoms with Crippen LogP contribution in [0.1, 0.15) is 5.56 Å². The molecule has 0 aliphatic heterocycles. The summed E-state index contributed by atoms with van der Waals surface area (Å²) in [6.45, 7) is 0. The molecule has 0 unspecified atom stereocenters. The molecule has 0 atom stereocenters. The van der Waals surface area contributed by atoms with Crippen LogP contribution in [0.2, 0.25) is 5.02 Å². The molecule has 0 amide bonds. The maximum absolute atomic E-state index is 12.3. The van der Waals surface area contributed by atoms with E-state index in [2.05, 4.69) is 40.5 Å². The summed E-state index contributed by atoms with van der Waals surface area (Å²) in [5.41, 5.74) is 4.24. The number of hydrogen-bond acceptors (Lipinski definition) is 9. The van der Waals surface area contributed by atoms with Crippen LogP contribution in [0.5, 0.6) is 11.5 Å². The number of aromatic nitrogens is 4. The van der Waals surface area contributed by atoms with Crippen LogP contribution in [0, 0.1) is 0 Å². The van der Waals surface area contributed by atoms with Gasteiger partial charge in [0.25, 0.3) is 0 Å². The van der Waals surface area contributed by atoms with E-state index in [9.17, 15) is 18.3 Å². The Hall–Kier alpha value is -4.19. The van der Waals surface area contributed by atoms with E-state index < -0.39 is 6.36 Å². The average molecular weight is 476 g/mol. The SMILES string of the molecule is Oc1ccc(Cl)cc1C=NNc1ncnc2c(Nc3ccc(OC(F)(F)F)cc3)ncnc12. The number of aromatic hydroxyl groups is 1. The van der Waals surface area contributed by atoms with Crippen molar-refractivity contribution in [2.24, 2.45) is 5.10 Å². The fourth-order valence-corrected chi connectivity index (χ4v) is 2.90. The summed E-state index contributed by atoms with van der Waals surface area (Å²) in [7, 11) is 0. The lowest BCUT2D eigenvalue weighted by Crippen LogP contribution is -2.16. The van der Waals surface area contributed by atoms with Gasteiger partial charge in [0.15, 0.2) is 11.6 Å². The largest absolute Gasteiger partial charge is 0.573 e. The van der Waals surface area contributed by atoms with E-state index in [-0.39, 0.29) is 17.3 Å². The van der Waals surface area contributed by atoms with Crippen LogP contribution >= 0.6 is 11.6 Å². The minimum absolute atomic E-state index is 0.00189. The molecule has 3 N–H and O–H groups in total. The van der Waals surface area contributed by atoms with Crippen LogP contribution in [0.4, 0.5) is 30.5 Å². The van der Waals surface area contributed by atoms with Crippen molar-refractivity contribution in [2.45, 2.75) is 6.36 Å². The molecule has 0 bridgehead atoms. The lowest BCUT2D eigenvalue weighted by Gasteiger charge is -2.11. The average Bonchev–Trinajstić information content (AvgIpc) is 2.77. The standard InChI is InChI=1S/C20H13ClF3N7O2/c21-12-1-6-15(32)11(7-12)8-29-31-19-17-16(25-10-28-19)18(27-9-26-17)30-13-2-4-14(5-3-13)33-20(22,23)24/h1-10,32H,(H,25,28,31)(H,26,27,30). The van der Waals surface area contributed by atoms with Crippen molar-refractivity contribution < 1.29 is 23.0 Å². The van der Waals surface area contributed by atoms with E-state index in [1.54, 1.807) is 6.07 Å². The van der Waals surface area contributed by atoms with Crippen LogP contribution in [0.15, 0.2) is 60.2 Å². The van der Waals surface area contributed by atoms with Crippen LogP contribution in [0.3, 0.4) is 0 Å². The number of ether oxygens (including phenoxy) is 1. The number of fused-ring (bicyclic) bond motifs is 1. The number of benzene rings is 2. The van der Waals surface area contributed by atoms with Crippen molar-refractivity contribution >= 4 is 46.2 Å². The van der Waals surface area contributed by atoms with Gasteiger partial charge in [-0.25, -0.2) is 19.9 Å². The Kier molecular flexibility index (Phi) is 6.09. The van der Waals surface area contributed by atoms with Crippen LogP contribution in [-0.2, 0) is 0 Å². The number of alkyl halides is 3. The van der Waals surface area contributed by atoms with E-state index in [1.165, 1.54) is 55.3 Å². The highest BCUT2D eigenvalue weighted by Gasteiger charge is 2.30. The molecule has 2 aromatic carbocycles. The molecule has 4 aromatic rings. The van der Waals surface area contributed by atoms with E-state index in [1.807, 2.05) is 0 Å². The number of anilines is 3. The predicted molar refractivity (Wildman–Crippen MR) is 116 cm³/mol. The summed E-state index contributed by atoms with van der Waals surface area (Å²) < 4.78 is 40.8. The van der Waals surface area contributed by atoms with Crippen molar-refractivity contribution in [1.82, 2.24) is 19.9 Å². The minimum Gasteiger partial charge on any atom is -0.507 e. The second kappa shape index (κ2) is 9.12. The maximum Gasteiger partial charge on any atom is 0.573 e. The first-order valence-electron chi connectivity index (χ1n) is 9.14. The Morgan fingerprint density at radius 2 is 1.61 bits per heavy atom. The molecule has 4 rings (SSSR count). The Bertz CT molecular complexity index is 1320. The van der Waals surface area contributed by atoms with Gasteiger partial charge in [0.05, 0.1) is 6.21 Å². The fraction of sp³-hybridized carbons (Fsp3) is 0.0500. The summed E-state index contributed by atoms with van der Waals surface area (Å²) in [6, 6.07) is 9.66. The third-order valence-corrected chi connectivity index (χ3v) is 4.37. The third-order valence-electron chi connectivity index (χ3n) is 4.13. The van der Waals surface area contributed by atoms with Gasteiger partial charge in [0.1, 0.15) is 35.2 Å².